The van der Waals surface area contributed by atoms with Crippen LogP contribution in [-0.4, -0.2) is 39.4 Å². The molecule has 2 aromatic carbocycles. The van der Waals surface area contributed by atoms with Gasteiger partial charge in [0.25, 0.3) is 20.2 Å². The predicted molar refractivity (Wildman–Crippen MR) is 97.0 cm³/mol. The summed E-state index contributed by atoms with van der Waals surface area (Å²) < 4.78 is 99.2. The molecule has 2 aromatic rings. The van der Waals surface area contributed by atoms with Crippen molar-refractivity contribution in [3.8, 4) is 0 Å². The molecule has 0 amide bonds. The van der Waals surface area contributed by atoms with Crippen molar-refractivity contribution in [1.29, 1.82) is 0 Å². The molecule has 0 aliphatic heterocycles. The second kappa shape index (κ2) is 8.43. The molecule has 0 aromatic heterocycles. The number of rotatable bonds is 7. The highest BCUT2D eigenvalue weighted by Crippen LogP contribution is 2.31. The molecular weight excluding hydrogens is 421 g/mol. The van der Waals surface area contributed by atoms with Crippen LogP contribution >= 0.6 is 0 Å². The van der Waals surface area contributed by atoms with Crippen LogP contribution in [0.2, 0.25) is 0 Å². The lowest BCUT2D eigenvalue weighted by molar-refractivity contribution is -0.186. The summed E-state index contributed by atoms with van der Waals surface area (Å²) in [4.78, 5) is -0.594. The number of alkyl halides is 3. The molecule has 1 atom stereocenters. The van der Waals surface area contributed by atoms with Crippen molar-refractivity contribution < 1.29 is 38.7 Å². The highest BCUT2D eigenvalue weighted by Gasteiger charge is 2.46. The first-order chi connectivity index (χ1) is 12.9. The maximum absolute atomic E-state index is 13.1. The zero-order valence-corrected chi connectivity index (χ0v) is 15.7. The van der Waals surface area contributed by atoms with Crippen LogP contribution in [0.5, 0.6) is 0 Å². The molecule has 2 rings (SSSR count). The van der Waals surface area contributed by atoms with Gasteiger partial charge in [0.1, 0.15) is 10.7 Å². The third kappa shape index (κ3) is 6.44. The van der Waals surface area contributed by atoms with Gasteiger partial charge in [-0.25, -0.2) is 0 Å². The minimum absolute atomic E-state index is 0.0409. The number of benzene rings is 2. The summed E-state index contributed by atoms with van der Waals surface area (Å²) in [5.41, 5.74) is 0.408. The number of hydrogen-bond acceptors (Lipinski definition) is 5. The Morgan fingerprint density at radius 3 is 1.93 bits per heavy atom. The number of halogens is 3. The van der Waals surface area contributed by atoms with E-state index in [1.165, 1.54) is 36.4 Å². The quantitative estimate of drug-likeness (QED) is 0.406. The summed E-state index contributed by atoms with van der Waals surface area (Å²) in [6.07, 6.45) is -7.52. The maximum atomic E-state index is 13.1. The Morgan fingerprint density at radius 1 is 0.964 bits per heavy atom. The monoisotopic (exact) mass is 436 g/mol. The average molecular weight is 436 g/mol. The maximum Gasteiger partial charge on any atom is 0.417 e. The standard InChI is InChI=1S/C17H15F3O6S2/c18-17(19,20)16(12-27(21,22)23)26-28(24,25)15(14-9-5-2-6-10-14)11-13-7-3-1-4-8-13/h1-11,16H,12H2,(H,21,22,23)/b15-11+. The van der Waals surface area contributed by atoms with Crippen LogP contribution in [0.15, 0.2) is 60.7 Å². The van der Waals surface area contributed by atoms with Crippen molar-refractivity contribution in [2.45, 2.75) is 12.3 Å². The van der Waals surface area contributed by atoms with E-state index in [4.69, 9.17) is 4.55 Å². The normalized spacial score (nSPS) is 14.6. The van der Waals surface area contributed by atoms with Gasteiger partial charge in [0, 0.05) is 0 Å². The molecule has 6 nitrogen and oxygen atoms in total. The van der Waals surface area contributed by atoms with Gasteiger partial charge >= 0.3 is 6.18 Å². The molecule has 0 aliphatic carbocycles. The molecule has 0 bridgehead atoms. The minimum atomic E-state index is -5.35. The highest BCUT2D eigenvalue weighted by atomic mass is 32.2. The van der Waals surface area contributed by atoms with Gasteiger partial charge in [-0.1, -0.05) is 60.7 Å². The van der Waals surface area contributed by atoms with Crippen molar-refractivity contribution in [2.24, 2.45) is 0 Å². The lowest BCUT2D eigenvalue weighted by Gasteiger charge is -2.20. The summed E-state index contributed by atoms with van der Waals surface area (Å²) in [7, 11) is -10.2. The first-order valence-electron chi connectivity index (χ1n) is 7.66. The summed E-state index contributed by atoms with van der Waals surface area (Å²) in [5.74, 6) is -1.96. The summed E-state index contributed by atoms with van der Waals surface area (Å²) >= 11 is 0. The van der Waals surface area contributed by atoms with Gasteiger partial charge in [-0.15, -0.1) is 0 Å². The zero-order chi connectivity index (χ0) is 21.0. The first-order valence-corrected chi connectivity index (χ1v) is 10.7. The predicted octanol–water partition coefficient (Wildman–Crippen LogP) is 3.35. The van der Waals surface area contributed by atoms with Crippen molar-refractivity contribution in [3.05, 3.63) is 71.8 Å². The van der Waals surface area contributed by atoms with E-state index < -0.39 is 43.2 Å². The van der Waals surface area contributed by atoms with Crippen molar-refractivity contribution in [2.75, 3.05) is 5.75 Å². The van der Waals surface area contributed by atoms with Gasteiger partial charge in [-0.2, -0.15) is 30.0 Å². The molecule has 11 heteroatoms. The van der Waals surface area contributed by atoms with Crippen LogP contribution in [0.1, 0.15) is 11.1 Å². The summed E-state index contributed by atoms with van der Waals surface area (Å²) in [6.45, 7) is 0. The van der Waals surface area contributed by atoms with Crippen LogP contribution in [0.3, 0.4) is 0 Å². The first kappa shape index (κ1) is 22.1. The van der Waals surface area contributed by atoms with Crippen LogP contribution in [0.4, 0.5) is 13.2 Å². The molecule has 1 N–H and O–H groups in total. The van der Waals surface area contributed by atoms with E-state index in [-0.39, 0.29) is 5.56 Å². The van der Waals surface area contributed by atoms with E-state index in [9.17, 15) is 30.0 Å². The lowest BCUT2D eigenvalue weighted by Crippen LogP contribution is -2.39. The Balaban J connectivity index is 2.53. The van der Waals surface area contributed by atoms with E-state index in [1.807, 2.05) is 0 Å². The Kier molecular flexibility index (Phi) is 6.65. The highest BCUT2D eigenvalue weighted by molar-refractivity contribution is 7.96. The summed E-state index contributed by atoms with van der Waals surface area (Å²) in [5, 5.41) is 0. The van der Waals surface area contributed by atoms with E-state index in [0.717, 1.165) is 6.08 Å². The molecule has 0 saturated carbocycles. The molecule has 0 spiro atoms. The molecular formula is C17H15F3O6S2. The van der Waals surface area contributed by atoms with Crippen LogP contribution in [0.25, 0.3) is 11.0 Å². The Bertz CT molecular complexity index is 1030. The summed E-state index contributed by atoms with van der Waals surface area (Å²) in [6, 6.07) is 15.1. The Morgan fingerprint density at radius 2 is 1.46 bits per heavy atom. The van der Waals surface area contributed by atoms with Crippen LogP contribution < -0.4 is 0 Å². The van der Waals surface area contributed by atoms with Gasteiger partial charge in [0.15, 0.2) is 6.10 Å². The molecule has 0 heterocycles. The SMILES string of the molecule is O=S(=O)(O)CC(OS(=O)(=O)/C(=C/c1ccccc1)c1ccccc1)C(F)(F)F. The largest absolute Gasteiger partial charge is 0.417 e. The average Bonchev–Trinajstić information content (AvgIpc) is 2.58. The third-order valence-corrected chi connectivity index (χ3v) is 5.50. The zero-order valence-electron chi connectivity index (χ0n) is 14.1. The fourth-order valence-corrected chi connectivity index (χ4v) is 4.19. The third-order valence-electron chi connectivity index (χ3n) is 3.39. The Hall–Kier alpha value is -2.21. The molecule has 28 heavy (non-hydrogen) atoms. The van der Waals surface area contributed by atoms with Gasteiger partial charge in [-0.3, -0.25) is 8.74 Å². The fourth-order valence-electron chi connectivity index (χ4n) is 2.18. The smallest absolute Gasteiger partial charge is 0.285 e. The van der Waals surface area contributed by atoms with Crippen LogP contribution in [-0.2, 0) is 24.4 Å². The molecule has 152 valence electrons. The van der Waals surface area contributed by atoms with E-state index in [0.29, 0.717) is 5.56 Å². The van der Waals surface area contributed by atoms with Gasteiger partial charge < -0.3 is 0 Å². The topological polar surface area (TPSA) is 97.7 Å². The Labute approximate surface area is 160 Å². The van der Waals surface area contributed by atoms with Crippen molar-refractivity contribution in [3.63, 3.8) is 0 Å². The lowest BCUT2D eigenvalue weighted by atomic mass is 10.1. The minimum Gasteiger partial charge on any atom is -0.285 e. The fraction of sp³-hybridized carbons (Fsp3) is 0.176. The van der Waals surface area contributed by atoms with Gasteiger partial charge in [-0.05, 0) is 17.2 Å². The number of hydrogen-bond donors (Lipinski definition) is 1. The molecule has 0 fully saturated rings. The van der Waals surface area contributed by atoms with Crippen molar-refractivity contribution in [1.82, 2.24) is 0 Å². The molecule has 1 unspecified atom stereocenters. The molecule has 0 saturated heterocycles. The van der Waals surface area contributed by atoms with Gasteiger partial charge in [0.05, 0.1) is 0 Å². The van der Waals surface area contributed by atoms with Gasteiger partial charge in [0.2, 0.25) is 0 Å². The second-order valence-corrected chi connectivity index (χ2v) is 8.65. The molecule has 0 aliphatic rings. The van der Waals surface area contributed by atoms with E-state index >= 15 is 0 Å². The van der Waals surface area contributed by atoms with Crippen molar-refractivity contribution >= 4 is 31.2 Å². The second-order valence-electron chi connectivity index (χ2n) is 5.61. The van der Waals surface area contributed by atoms with Crippen LogP contribution in [0, 0.1) is 0 Å². The van der Waals surface area contributed by atoms with E-state index in [1.54, 1.807) is 24.3 Å². The van der Waals surface area contributed by atoms with E-state index in [2.05, 4.69) is 4.18 Å². The molecule has 0 radical (unpaired) electrons.